The summed E-state index contributed by atoms with van der Waals surface area (Å²) in [4.78, 5) is 4.06. The van der Waals surface area contributed by atoms with Crippen molar-refractivity contribution < 1.29 is 8.83 Å². The largest absolute Gasteiger partial charge is 0.440 e. The first-order valence-electron chi connectivity index (χ1n) is 4.14. The summed E-state index contributed by atoms with van der Waals surface area (Å²) >= 11 is 5.63. The molecular weight excluding hydrogens is 204 g/mol. The van der Waals surface area contributed by atoms with Crippen LogP contribution in [-0.4, -0.2) is 12.0 Å². The van der Waals surface area contributed by atoms with Crippen LogP contribution in [0.1, 0.15) is 5.76 Å². The van der Waals surface area contributed by atoms with E-state index in [2.05, 4.69) is 10.3 Å². The first-order chi connectivity index (χ1) is 6.79. The quantitative estimate of drug-likeness (QED) is 0.848. The summed E-state index contributed by atoms with van der Waals surface area (Å²) in [6.45, 7) is 0.640. The standard InChI is InChI=1S/C9H9ClN2O2/c1-11-4-6-5-12-9(13-6)7-2-3-8(10)14-7/h2-3,5,11H,4H2,1H3. The van der Waals surface area contributed by atoms with Crippen LogP contribution in [0, 0.1) is 0 Å². The third kappa shape index (κ3) is 1.81. The highest BCUT2D eigenvalue weighted by Crippen LogP contribution is 2.24. The van der Waals surface area contributed by atoms with E-state index < -0.39 is 0 Å². The molecule has 0 aliphatic heterocycles. The average Bonchev–Trinajstić information content (AvgIpc) is 2.74. The number of rotatable bonds is 3. The molecule has 0 aliphatic carbocycles. The molecule has 2 heterocycles. The van der Waals surface area contributed by atoms with Crippen molar-refractivity contribution in [1.29, 1.82) is 0 Å². The van der Waals surface area contributed by atoms with Crippen LogP contribution in [-0.2, 0) is 6.54 Å². The second-order valence-corrected chi connectivity index (χ2v) is 3.14. The number of aromatic nitrogens is 1. The number of nitrogens with zero attached hydrogens (tertiary/aromatic N) is 1. The van der Waals surface area contributed by atoms with E-state index in [9.17, 15) is 0 Å². The van der Waals surface area contributed by atoms with Crippen molar-refractivity contribution >= 4 is 11.6 Å². The summed E-state index contributed by atoms with van der Waals surface area (Å²) < 4.78 is 10.5. The maximum atomic E-state index is 5.63. The van der Waals surface area contributed by atoms with E-state index >= 15 is 0 Å². The van der Waals surface area contributed by atoms with Crippen LogP contribution in [0.25, 0.3) is 11.7 Å². The first kappa shape index (κ1) is 9.30. The Kier molecular flexibility index (Phi) is 2.56. The molecule has 0 saturated carbocycles. The molecule has 0 saturated heterocycles. The lowest BCUT2D eigenvalue weighted by Crippen LogP contribution is -2.03. The van der Waals surface area contributed by atoms with Crippen molar-refractivity contribution in [2.45, 2.75) is 6.54 Å². The van der Waals surface area contributed by atoms with E-state index in [4.69, 9.17) is 20.4 Å². The smallest absolute Gasteiger partial charge is 0.263 e. The van der Waals surface area contributed by atoms with Crippen LogP contribution in [0.3, 0.4) is 0 Å². The summed E-state index contributed by atoms with van der Waals surface area (Å²) in [5.74, 6) is 1.74. The van der Waals surface area contributed by atoms with Gasteiger partial charge in [0.25, 0.3) is 5.89 Å². The molecule has 1 N–H and O–H groups in total. The van der Waals surface area contributed by atoms with Crippen LogP contribution < -0.4 is 5.32 Å². The van der Waals surface area contributed by atoms with Gasteiger partial charge in [-0.05, 0) is 30.8 Å². The van der Waals surface area contributed by atoms with Crippen LogP contribution in [0.5, 0.6) is 0 Å². The molecule has 2 aromatic rings. The van der Waals surface area contributed by atoms with Crippen molar-refractivity contribution in [1.82, 2.24) is 10.3 Å². The second kappa shape index (κ2) is 3.86. The lowest BCUT2D eigenvalue weighted by Gasteiger charge is -1.91. The normalized spacial score (nSPS) is 10.7. The van der Waals surface area contributed by atoms with Gasteiger partial charge in [0.1, 0.15) is 5.76 Å². The predicted octanol–water partition coefficient (Wildman–Crippen LogP) is 2.31. The van der Waals surface area contributed by atoms with E-state index in [0.717, 1.165) is 5.76 Å². The topological polar surface area (TPSA) is 51.2 Å². The molecule has 5 heteroatoms. The van der Waals surface area contributed by atoms with Crippen LogP contribution in [0.4, 0.5) is 0 Å². The Morgan fingerprint density at radius 1 is 1.43 bits per heavy atom. The third-order valence-electron chi connectivity index (χ3n) is 1.69. The highest BCUT2D eigenvalue weighted by molar-refractivity contribution is 6.28. The Morgan fingerprint density at radius 3 is 2.93 bits per heavy atom. The third-order valence-corrected chi connectivity index (χ3v) is 1.89. The van der Waals surface area contributed by atoms with Gasteiger partial charge in [-0.1, -0.05) is 0 Å². The van der Waals surface area contributed by atoms with Gasteiger partial charge in [-0.15, -0.1) is 0 Å². The molecule has 0 amide bonds. The van der Waals surface area contributed by atoms with Gasteiger partial charge in [-0.25, -0.2) is 4.98 Å². The predicted molar refractivity (Wildman–Crippen MR) is 52.0 cm³/mol. The zero-order chi connectivity index (χ0) is 9.97. The summed E-state index contributed by atoms with van der Waals surface area (Å²) in [5.41, 5.74) is 0. The van der Waals surface area contributed by atoms with Crippen molar-refractivity contribution in [2.24, 2.45) is 0 Å². The van der Waals surface area contributed by atoms with Crippen molar-refractivity contribution in [2.75, 3.05) is 7.05 Å². The van der Waals surface area contributed by atoms with Crippen LogP contribution in [0.15, 0.2) is 27.2 Å². The molecule has 0 aromatic carbocycles. The van der Waals surface area contributed by atoms with Crippen molar-refractivity contribution in [3.8, 4) is 11.7 Å². The lowest BCUT2D eigenvalue weighted by atomic mass is 10.4. The maximum absolute atomic E-state index is 5.63. The van der Waals surface area contributed by atoms with Crippen molar-refractivity contribution in [3.63, 3.8) is 0 Å². The van der Waals surface area contributed by atoms with Gasteiger partial charge in [-0.3, -0.25) is 0 Å². The van der Waals surface area contributed by atoms with E-state index in [0.29, 0.717) is 23.4 Å². The Morgan fingerprint density at radius 2 is 2.29 bits per heavy atom. The number of hydrogen-bond acceptors (Lipinski definition) is 4. The molecule has 0 unspecified atom stereocenters. The lowest BCUT2D eigenvalue weighted by molar-refractivity contribution is 0.478. The van der Waals surface area contributed by atoms with Gasteiger partial charge in [0.05, 0.1) is 12.7 Å². The fraction of sp³-hybridized carbons (Fsp3) is 0.222. The molecule has 4 nitrogen and oxygen atoms in total. The molecule has 0 radical (unpaired) electrons. The van der Waals surface area contributed by atoms with Gasteiger partial charge in [0, 0.05) is 0 Å². The average molecular weight is 213 g/mol. The van der Waals surface area contributed by atoms with Gasteiger partial charge < -0.3 is 14.2 Å². The second-order valence-electron chi connectivity index (χ2n) is 2.77. The summed E-state index contributed by atoms with van der Waals surface area (Å²) in [6, 6.07) is 3.37. The molecule has 2 aromatic heterocycles. The Labute approximate surface area is 85.9 Å². The minimum atomic E-state index is 0.327. The number of hydrogen-bond donors (Lipinski definition) is 1. The number of halogens is 1. The van der Waals surface area contributed by atoms with Gasteiger partial charge in [0.15, 0.2) is 11.0 Å². The number of furan rings is 1. The van der Waals surface area contributed by atoms with E-state index in [1.54, 1.807) is 18.3 Å². The Balaban J connectivity index is 2.24. The zero-order valence-corrected chi connectivity index (χ0v) is 8.34. The Bertz CT molecular complexity index is 422. The van der Waals surface area contributed by atoms with Crippen molar-refractivity contribution in [3.05, 3.63) is 29.3 Å². The zero-order valence-electron chi connectivity index (χ0n) is 7.58. The molecule has 0 fully saturated rings. The van der Waals surface area contributed by atoms with Crippen LogP contribution in [0.2, 0.25) is 5.22 Å². The minimum absolute atomic E-state index is 0.327. The molecular formula is C9H9ClN2O2. The van der Waals surface area contributed by atoms with E-state index in [1.165, 1.54) is 0 Å². The van der Waals surface area contributed by atoms with E-state index in [1.807, 2.05) is 7.05 Å². The molecule has 0 aliphatic rings. The summed E-state index contributed by atoms with van der Waals surface area (Å²) in [6.07, 6.45) is 1.66. The SMILES string of the molecule is CNCc1cnc(-c2ccc(Cl)o2)o1. The molecule has 14 heavy (non-hydrogen) atoms. The highest BCUT2D eigenvalue weighted by atomic mass is 35.5. The molecule has 0 spiro atoms. The molecule has 74 valence electrons. The van der Waals surface area contributed by atoms with Gasteiger partial charge in [-0.2, -0.15) is 0 Å². The molecule has 0 bridgehead atoms. The molecule has 2 rings (SSSR count). The minimum Gasteiger partial charge on any atom is -0.440 e. The van der Waals surface area contributed by atoms with Gasteiger partial charge >= 0.3 is 0 Å². The molecule has 0 atom stereocenters. The first-order valence-corrected chi connectivity index (χ1v) is 4.52. The number of oxazole rings is 1. The fourth-order valence-corrected chi connectivity index (χ4v) is 1.25. The monoisotopic (exact) mass is 212 g/mol. The van der Waals surface area contributed by atoms with E-state index in [-0.39, 0.29) is 0 Å². The van der Waals surface area contributed by atoms with Gasteiger partial charge in [0.2, 0.25) is 0 Å². The Hall–Kier alpha value is -1.26. The summed E-state index contributed by atoms with van der Waals surface area (Å²) in [5, 5.41) is 3.29. The maximum Gasteiger partial charge on any atom is 0.263 e. The highest BCUT2D eigenvalue weighted by Gasteiger charge is 2.09. The summed E-state index contributed by atoms with van der Waals surface area (Å²) in [7, 11) is 1.84. The number of nitrogens with one attached hydrogen (secondary N) is 1. The van der Waals surface area contributed by atoms with Crippen LogP contribution >= 0.6 is 11.6 Å². The fourth-order valence-electron chi connectivity index (χ4n) is 1.11.